The molecule has 0 aliphatic rings. The molecule has 132 valence electrons. The lowest BCUT2D eigenvalue weighted by Gasteiger charge is -2.15. The van der Waals surface area contributed by atoms with Crippen molar-refractivity contribution in [3.05, 3.63) is 69.0 Å². The van der Waals surface area contributed by atoms with Crippen molar-refractivity contribution in [1.29, 1.82) is 0 Å². The first-order valence-corrected chi connectivity index (χ1v) is 8.49. The fourth-order valence-corrected chi connectivity index (χ4v) is 3.24. The Morgan fingerprint density at radius 3 is 2.50 bits per heavy atom. The van der Waals surface area contributed by atoms with Crippen LogP contribution in [0.1, 0.15) is 6.92 Å². The molecule has 2 N–H and O–H groups in total. The maximum absolute atomic E-state index is 13.0. The van der Waals surface area contributed by atoms with E-state index in [0.717, 1.165) is 11.8 Å². The van der Waals surface area contributed by atoms with Gasteiger partial charge in [0.1, 0.15) is 0 Å². The fraction of sp³-hybridized carbons (Fsp3) is 0.118. The highest BCUT2D eigenvalue weighted by Gasteiger charge is 2.19. The number of nitrogens with zero attached hydrogens (tertiary/aromatic N) is 3. The smallest absolute Gasteiger partial charge is 0.269 e. The molecule has 0 spiro atoms. The number of fused-ring (bicyclic) bond motifs is 1. The van der Waals surface area contributed by atoms with Gasteiger partial charge >= 0.3 is 0 Å². The van der Waals surface area contributed by atoms with Gasteiger partial charge in [0, 0.05) is 12.1 Å². The van der Waals surface area contributed by atoms with Crippen LogP contribution in [0.2, 0.25) is 0 Å². The Balaban J connectivity index is 2.23. The molecule has 1 atom stereocenters. The molecular formula is C17H14N4O4S. The number of para-hydroxylation sites is 1. The number of non-ortho nitro benzene ring substituents is 1. The summed E-state index contributed by atoms with van der Waals surface area (Å²) in [6, 6.07) is 12.4. The standard InChI is InChI=1S/C17H14N4O4S/c1-10(15(18)22)26-17-19-14-5-3-2-4-13(14)16(23)20(17)11-6-8-12(9-7-11)21(24)25/h2-10H,1H3,(H2,18,22)/t10-/m1/s1. The average molecular weight is 370 g/mol. The topological polar surface area (TPSA) is 121 Å². The molecule has 0 aliphatic carbocycles. The van der Waals surface area contributed by atoms with Crippen LogP contribution in [0.15, 0.2) is 58.5 Å². The summed E-state index contributed by atoms with van der Waals surface area (Å²) >= 11 is 1.06. The van der Waals surface area contributed by atoms with Gasteiger partial charge in [-0.3, -0.25) is 24.3 Å². The highest BCUT2D eigenvalue weighted by Crippen LogP contribution is 2.25. The average Bonchev–Trinajstić information content (AvgIpc) is 2.62. The molecule has 3 rings (SSSR count). The van der Waals surface area contributed by atoms with Crippen molar-refractivity contribution < 1.29 is 9.72 Å². The summed E-state index contributed by atoms with van der Waals surface area (Å²) in [4.78, 5) is 39.2. The molecular weight excluding hydrogens is 356 g/mol. The van der Waals surface area contributed by atoms with Crippen LogP contribution in [0, 0.1) is 10.1 Å². The van der Waals surface area contributed by atoms with Gasteiger partial charge in [-0.2, -0.15) is 0 Å². The number of nitrogens with two attached hydrogens (primary N) is 1. The van der Waals surface area contributed by atoms with Crippen molar-refractivity contribution in [2.24, 2.45) is 5.73 Å². The summed E-state index contributed by atoms with van der Waals surface area (Å²) in [5.41, 5.74) is 5.82. The third-order valence-electron chi connectivity index (χ3n) is 3.75. The van der Waals surface area contributed by atoms with Crippen molar-refractivity contribution in [3.63, 3.8) is 0 Å². The minimum absolute atomic E-state index is 0.0877. The zero-order valence-electron chi connectivity index (χ0n) is 13.7. The first-order chi connectivity index (χ1) is 12.4. The van der Waals surface area contributed by atoms with Crippen LogP contribution >= 0.6 is 11.8 Å². The highest BCUT2D eigenvalue weighted by atomic mass is 32.2. The lowest BCUT2D eigenvalue weighted by molar-refractivity contribution is -0.384. The van der Waals surface area contributed by atoms with Gasteiger partial charge in [0.2, 0.25) is 5.91 Å². The van der Waals surface area contributed by atoms with E-state index in [1.165, 1.54) is 28.8 Å². The minimum atomic E-state index is -0.604. The van der Waals surface area contributed by atoms with E-state index < -0.39 is 16.1 Å². The second kappa shape index (κ2) is 6.96. The zero-order chi connectivity index (χ0) is 18.8. The molecule has 2 aromatic carbocycles. The monoisotopic (exact) mass is 370 g/mol. The van der Waals surface area contributed by atoms with Crippen LogP contribution < -0.4 is 11.3 Å². The van der Waals surface area contributed by atoms with E-state index in [1.54, 1.807) is 31.2 Å². The summed E-state index contributed by atoms with van der Waals surface area (Å²) in [7, 11) is 0. The van der Waals surface area contributed by atoms with Crippen molar-refractivity contribution in [3.8, 4) is 5.69 Å². The second-order valence-corrected chi connectivity index (χ2v) is 6.80. The molecule has 1 heterocycles. The van der Waals surface area contributed by atoms with Gasteiger partial charge in [0.25, 0.3) is 11.2 Å². The van der Waals surface area contributed by atoms with Crippen molar-refractivity contribution >= 4 is 34.3 Å². The molecule has 8 nitrogen and oxygen atoms in total. The van der Waals surface area contributed by atoms with E-state index in [-0.39, 0.29) is 16.4 Å². The van der Waals surface area contributed by atoms with E-state index in [9.17, 15) is 19.7 Å². The molecule has 9 heteroatoms. The molecule has 3 aromatic rings. The molecule has 0 saturated heterocycles. The number of carbonyl (C=O) groups is 1. The largest absolute Gasteiger partial charge is 0.369 e. The summed E-state index contributed by atoms with van der Waals surface area (Å²) in [6.07, 6.45) is 0. The Labute approximate surface area is 151 Å². The molecule has 0 radical (unpaired) electrons. The number of thioether (sulfide) groups is 1. The molecule has 1 aromatic heterocycles. The Morgan fingerprint density at radius 2 is 1.88 bits per heavy atom. The summed E-state index contributed by atoms with van der Waals surface area (Å²) in [5.74, 6) is -0.535. The van der Waals surface area contributed by atoms with Crippen molar-refractivity contribution in [2.75, 3.05) is 0 Å². The maximum Gasteiger partial charge on any atom is 0.269 e. The van der Waals surface area contributed by atoms with Gasteiger partial charge in [-0.1, -0.05) is 23.9 Å². The minimum Gasteiger partial charge on any atom is -0.369 e. The van der Waals surface area contributed by atoms with Gasteiger partial charge in [-0.25, -0.2) is 4.98 Å². The van der Waals surface area contributed by atoms with E-state index in [2.05, 4.69) is 4.98 Å². The van der Waals surface area contributed by atoms with E-state index in [1.807, 2.05) is 0 Å². The van der Waals surface area contributed by atoms with Crippen LogP contribution in [0.4, 0.5) is 5.69 Å². The number of benzene rings is 2. The number of primary amides is 1. The van der Waals surface area contributed by atoms with E-state index in [4.69, 9.17) is 5.73 Å². The molecule has 1 amide bonds. The maximum atomic E-state index is 13.0. The lowest BCUT2D eigenvalue weighted by atomic mass is 10.2. The SMILES string of the molecule is C[C@@H](Sc1nc2ccccc2c(=O)n1-c1ccc([N+](=O)[O-])cc1)C(N)=O. The Hall–Kier alpha value is -3.20. The number of amides is 1. The van der Waals surface area contributed by atoms with Crippen LogP contribution in [-0.4, -0.2) is 25.6 Å². The molecule has 0 unspecified atom stereocenters. The number of nitro benzene ring substituents is 1. The van der Waals surface area contributed by atoms with E-state index >= 15 is 0 Å². The molecule has 0 saturated carbocycles. The van der Waals surface area contributed by atoms with Crippen LogP contribution in [0.5, 0.6) is 0 Å². The third kappa shape index (κ3) is 3.29. The number of nitro groups is 1. The van der Waals surface area contributed by atoms with Crippen molar-refractivity contribution in [1.82, 2.24) is 9.55 Å². The molecule has 0 bridgehead atoms. The lowest BCUT2D eigenvalue weighted by Crippen LogP contribution is -2.26. The number of hydrogen-bond donors (Lipinski definition) is 1. The second-order valence-electron chi connectivity index (χ2n) is 5.49. The van der Waals surface area contributed by atoms with E-state index in [0.29, 0.717) is 16.6 Å². The van der Waals surface area contributed by atoms with Gasteiger partial charge in [0.05, 0.1) is 26.8 Å². The fourth-order valence-electron chi connectivity index (χ4n) is 2.36. The number of rotatable bonds is 5. The number of hydrogen-bond acceptors (Lipinski definition) is 6. The van der Waals surface area contributed by atoms with Crippen LogP contribution in [0.3, 0.4) is 0 Å². The predicted octanol–water partition coefficient (Wildman–Crippen LogP) is 2.26. The van der Waals surface area contributed by atoms with Gasteiger partial charge < -0.3 is 5.73 Å². The normalized spacial score (nSPS) is 12.0. The first kappa shape index (κ1) is 17.6. The molecule has 26 heavy (non-hydrogen) atoms. The Morgan fingerprint density at radius 1 is 1.23 bits per heavy atom. The number of aromatic nitrogens is 2. The summed E-state index contributed by atoms with van der Waals surface area (Å²) in [5, 5.41) is 10.9. The summed E-state index contributed by atoms with van der Waals surface area (Å²) in [6.45, 7) is 1.62. The van der Waals surface area contributed by atoms with Crippen LogP contribution in [0.25, 0.3) is 16.6 Å². The van der Waals surface area contributed by atoms with Gasteiger partial charge in [-0.05, 0) is 31.2 Å². The van der Waals surface area contributed by atoms with Crippen molar-refractivity contribution in [2.45, 2.75) is 17.3 Å². The third-order valence-corrected chi connectivity index (χ3v) is 4.82. The molecule has 0 fully saturated rings. The van der Waals surface area contributed by atoms with Crippen LogP contribution in [-0.2, 0) is 4.79 Å². The van der Waals surface area contributed by atoms with Gasteiger partial charge in [-0.15, -0.1) is 0 Å². The Bertz CT molecular complexity index is 1060. The quantitative estimate of drug-likeness (QED) is 0.318. The first-order valence-electron chi connectivity index (χ1n) is 7.61. The summed E-state index contributed by atoms with van der Waals surface area (Å²) < 4.78 is 1.33. The highest BCUT2D eigenvalue weighted by molar-refractivity contribution is 8.00. The molecule has 0 aliphatic heterocycles. The number of carbonyl (C=O) groups excluding carboxylic acids is 1. The predicted molar refractivity (Wildman–Crippen MR) is 98.5 cm³/mol. The zero-order valence-corrected chi connectivity index (χ0v) is 14.5. The van der Waals surface area contributed by atoms with Gasteiger partial charge in [0.15, 0.2) is 5.16 Å². The Kier molecular flexibility index (Phi) is 4.72.